The van der Waals surface area contributed by atoms with E-state index >= 15 is 0 Å². The molecule has 2 N–H and O–H groups in total. The Morgan fingerprint density at radius 2 is 1.86 bits per heavy atom. The summed E-state index contributed by atoms with van der Waals surface area (Å²) < 4.78 is 41.9. The van der Waals surface area contributed by atoms with Gasteiger partial charge in [-0.15, -0.1) is 0 Å². The molecule has 0 saturated carbocycles. The molecule has 0 bridgehead atoms. The fourth-order valence-corrected chi connectivity index (χ4v) is 3.84. The summed E-state index contributed by atoms with van der Waals surface area (Å²) in [5.74, 6) is -1.28. The Balaban J connectivity index is 1.89. The maximum atomic E-state index is 13.8. The SMILES string of the molecule is Cc1ccc(NC(=O)c2ccc[n+]([O-])c2)cc1S(=O)(=O)Nc1ccccc1F. The third-order valence-electron chi connectivity index (χ3n) is 3.89. The molecule has 1 heterocycles. The number of carbonyl (C=O) groups excluding carboxylic acids is 1. The lowest BCUT2D eigenvalue weighted by Crippen LogP contribution is -2.27. The van der Waals surface area contributed by atoms with Crippen LogP contribution in [0.5, 0.6) is 0 Å². The lowest BCUT2D eigenvalue weighted by Gasteiger charge is -2.13. The van der Waals surface area contributed by atoms with Gasteiger partial charge in [-0.2, -0.15) is 4.73 Å². The third kappa shape index (κ3) is 4.26. The van der Waals surface area contributed by atoms with Crippen LogP contribution in [-0.4, -0.2) is 14.3 Å². The van der Waals surface area contributed by atoms with Crippen LogP contribution < -0.4 is 14.8 Å². The average Bonchev–Trinajstić information content (AvgIpc) is 2.65. The summed E-state index contributed by atoms with van der Waals surface area (Å²) in [7, 11) is -4.09. The summed E-state index contributed by atoms with van der Waals surface area (Å²) >= 11 is 0. The molecule has 144 valence electrons. The van der Waals surface area contributed by atoms with Gasteiger partial charge < -0.3 is 10.5 Å². The van der Waals surface area contributed by atoms with Crippen LogP contribution in [0.2, 0.25) is 0 Å². The van der Waals surface area contributed by atoms with Gasteiger partial charge in [0.1, 0.15) is 11.4 Å². The van der Waals surface area contributed by atoms with E-state index in [1.807, 2.05) is 0 Å². The number of rotatable bonds is 5. The number of amides is 1. The number of hydrogen-bond donors (Lipinski definition) is 2. The first-order chi connectivity index (χ1) is 13.3. The van der Waals surface area contributed by atoms with Crippen molar-refractivity contribution in [1.82, 2.24) is 0 Å². The van der Waals surface area contributed by atoms with E-state index in [0.717, 1.165) is 12.3 Å². The van der Waals surface area contributed by atoms with E-state index in [2.05, 4.69) is 10.0 Å². The highest BCUT2D eigenvalue weighted by Gasteiger charge is 2.20. The molecule has 0 unspecified atom stereocenters. The molecule has 3 rings (SSSR count). The molecule has 1 aromatic heterocycles. The Kier molecular flexibility index (Phi) is 5.27. The molecule has 0 aliphatic heterocycles. The summed E-state index contributed by atoms with van der Waals surface area (Å²) in [6.45, 7) is 1.58. The molecule has 0 atom stereocenters. The number of nitrogens with zero attached hydrogens (tertiary/aromatic N) is 1. The second-order valence-electron chi connectivity index (χ2n) is 5.97. The van der Waals surface area contributed by atoms with Crippen LogP contribution in [0.4, 0.5) is 15.8 Å². The number of benzene rings is 2. The molecule has 7 nitrogen and oxygen atoms in total. The fourth-order valence-electron chi connectivity index (χ4n) is 2.50. The minimum absolute atomic E-state index is 0.111. The van der Waals surface area contributed by atoms with Crippen LogP contribution in [0.1, 0.15) is 15.9 Å². The maximum absolute atomic E-state index is 13.8. The molecule has 2 aromatic carbocycles. The van der Waals surface area contributed by atoms with E-state index in [0.29, 0.717) is 10.3 Å². The van der Waals surface area contributed by atoms with E-state index in [4.69, 9.17) is 0 Å². The number of halogens is 1. The largest absolute Gasteiger partial charge is 0.619 e. The molecular formula is C19H16FN3O4S. The Morgan fingerprint density at radius 3 is 2.57 bits per heavy atom. The summed E-state index contributed by atoms with van der Waals surface area (Å²) in [5.41, 5.74) is 0.567. The van der Waals surface area contributed by atoms with E-state index < -0.39 is 21.7 Å². The predicted molar refractivity (Wildman–Crippen MR) is 102 cm³/mol. The second kappa shape index (κ2) is 7.65. The highest BCUT2D eigenvalue weighted by molar-refractivity contribution is 7.92. The predicted octanol–water partition coefficient (Wildman–Crippen LogP) is 2.82. The summed E-state index contributed by atoms with van der Waals surface area (Å²) in [6.07, 6.45) is 2.34. The van der Waals surface area contributed by atoms with Crippen LogP contribution in [-0.2, 0) is 10.0 Å². The number of pyridine rings is 1. The highest BCUT2D eigenvalue weighted by Crippen LogP contribution is 2.24. The van der Waals surface area contributed by atoms with Gasteiger partial charge in [0.25, 0.3) is 15.9 Å². The first-order valence-electron chi connectivity index (χ1n) is 8.14. The molecule has 1 amide bonds. The Labute approximate surface area is 161 Å². The number of hydrogen-bond acceptors (Lipinski definition) is 4. The topological polar surface area (TPSA) is 102 Å². The van der Waals surface area contributed by atoms with Crippen molar-refractivity contribution in [3.8, 4) is 0 Å². The number of aryl methyl sites for hydroxylation is 1. The van der Waals surface area contributed by atoms with Crippen LogP contribution >= 0.6 is 0 Å². The van der Waals surface area contributed by atoms with Crippen molar-refractivity contribution < 1.29 is 22.3 Å². The number of carbonyl (C=O) groups is 1. The van der Waals surface area contributed by atoms with Crippen molar-refractivity contribution in [3.63, 3.8) is 0 Å². The van der Waals surface area contributed by atoms with E-state index in [9.17, 15) is 22.8 Å². The van der Waals surface area contributed by atoms with E-state index in [-0.39, 0.29) is 21.8 Å². The van der Waals surface area contributed by atoms with Crippen LogP contribution in [0, 0.1) is 17.9 Å². The Bertz CT molecular complexity index is 1150. The number of nitrogens with one attached hydrogen (secondary N) is 2. The van der Waals surface area contributed by atoms with Crippen LogP contribution in [0.25, 0.3) is 0 Å². The van der Waals surface area contributed by atoms with Gasteiger partial charge in [0.05, 0.1) is 10.6 Å². The minimum atomic E-state index is -4.09. The fraction of sp³-hybridized carbons (Fsp3) is 0.0526. The monoisotopic (exact) mass is 401 g/mol. The lowest BCUT2D eigenvalue weighted by atomic mass is 10.2. The van der Waals surface area contributed by atoms with Crippen molar-refractivity contribution in [1.29, 1.82) is 0 Å². The zero-order chi connectivity index (χ0) is 20.3. The first kappa shape index (κ1) is 19.3. The van der Waals surface area contributed by atoms with Crippen LogP contribution in [0.15, 0.2) is 71.9 Å². The zero-order valence-corrected chi connectivity index (χ0v) is 15.5. The summed E-state index contributed by atoms with van der Waals surface area (Å²) in [5, 5.41) is 13.8. The molecule has 0 fully saturated rings. The molecule has 0 spiro atoms. The molecule has 9 heteroatoms. The third-order valence-corrected chi connectivity index (χ3v) is 5.40. The molecule has 0 radical (unpaired) electrons. The second-order valence-corrected chi connectivity index (χ2v) is 7.62. The summed E-state index contributed by atoms with van der Waals surface area (Å²) in [4.78, 5) is 12.2. The van der Waals surface area contributed by atoms with Crippen molar-refractivity contribution in [2.24, 2.45) is 0 Å². The van der Waals surface area contributed by atoms with E-state index in [1.165, 1.54) is 54.7 Å². The quantitative estimate of drug-likeness (QED) is 0.507. The maximum Gasteiger partial charge on any atom is 0.262 e. The van der Waals surface area contributed by atoms with Gasteiger partial charge in [-0.1, -0.05) is 18.2 Å². The van der Waals surface area contributed by atoms with Crippen LogP contribution in [0.3, 0.4) is 0 Å². The minimum Gasteiger partial charge on any atom is -0.619 e. The number of aromatic nitrogens is 1. The zero-order valence-electron chi connectivity index (χ0n) is 14.7. The highest BCUT2D eigenvalue weighted by atomic mass is 32.2. The molecule has 0 aliphatic carbocycles. The molecule has 3 aromatic rings. The molecular weight excluding hydrogens is 385 g/mol. The number of sulfonamides is 1. The van der Waals surface area contributed by atoms with Crippen molar-refractivity contribution in [2.75, 3.05) is 10.0 Å². The lowest BCUT2D eigenvalue weighted by molar-refractivity contribution is -0.605. The Hall–Kier alpha value is -3.46. The van der Waals surface area contributed by atoms with Gasteiger partial charge in [-0.25, -0.2) is 12.8 Å². The standard InChI is InChI=1S/C19H16FN3O4S/c1-13-8-9-15(21-19(24)14-5-4-10-23(25)12-14)11-18(13)28(26,27)22-17-7-3-2-6-16(17)20/h2-12,22H,1H3,(H,21,24). The van der Waals surface area contributed by atoms with Gasteiger partial charge in [0, 0.05) is 11.8 Å². The van der Waals surface area contributed by atoms with Crippen molar-refractivity contribution >= 4 is 27.3 Å². The number of para-hydroxylation sites is 1. The smallest absolute Gasteiger partial charge is 0.262 e. The van der Waals surface area contributed by atoms with Gasteiger partial charge in [-0.3, -0.25) is 9.52 Å². The van der Waals surface area contributed by atoms with Gasteiger partial charge >= 0.3 is 0 Å². The Morgan fingerprint density at radius 1 is 1.11 bits per heavy atom. The normalized spacial score (nSPS) is 11.1. The molecule has 0 saturated heterocycles. The van der Waals surface area contributed by atoms with Crippen molar-refractivity contribution in [3.05, 3.63) is 89.1 Å². The molecule has 0 aliphatic rings. The molecule has 28 heavy (non-hydrogen) atoms. The van der Waals surface area contributed by atoms with E-state index in [1.54, 1.807) is 6.92 Å². The first-order valence-corrected chi connectivity index (χ1v) is 9.63. The van der Waals surface area contributed by atoms with Gasteiger partial charge in [-0.05, 0) is 42.8 Å². The van der Waals surface area contributed by atoms with Gasteiger partial charge in [0.2, 0.25) is 0 Å². The van der Waals surface area contributed by atoms with Crippen molar-refractivity contribution in [2.45, 2.75) is 11.8 Å². The number of anilines is 2. The average molecular weight is 401 g/mol. The van der Waals surface area contributed by atoms with Gasteiger partial charge in [0.15, 0.2) is 12.4 Å². The summed E-state index contributed by atoms with van der Waals surface area (Å²) in [6, 6.07) is 12.6.